The SMILES string of the molecule is CC(C)(C)C(=O)OCc1ccc[nH]c1=O. The zero-order chi connectivity index (χ0) is 11.5. The van der Waals surface area contributed by atoms with E-state index in [1.807, 2.05) is 0 Å². The minimum Gasteiger partial charge on any atom is -0.460 e. The van der Waals surface area contributed by atoms with Crippen molar-refractivity contribution < 1.29 is 9.53 Å². The number of ether oxygens (including phenoxy) is 1. The summed E-state index contributed by atoms with van der Waals surface area (Å²) in [5, 5.41) is 0. The quantitative estimate of drug-likeness (QED) is 0.750. The Morgan fingerprint density at radius 1 is 1.47 bits per heavy atom. The van der Waals surface area contributed by atoms with Crippen molar-refractivity contribution in [2.24, 2.45) is 5.41 Å². The van der Waals surface area contributed by atoms with E-state index in [0.29, 0.717) is 5.56 Å². The number of hydrogen-bond acceptors (Lipinski definition) is 3. The first kappa shape index (κ1) is 11.5. The molecule has 0 aromatic carbocycles. The predicted molar refractivity (Wildman–Crippen MR) is 56.3 cm³/mol. The first-order valence-electron chi connectivity index (χ1n) is 4.75. The first-order chi connectivity index (χ1) is 6.91. The summed E-state index contributed by atoms with van der Waals surface area (Å²) in [5.74, 6) is -0.314. The Morgan fingerprint density at radius 2 is 2.13 bits per heavy atom. The van der Waals surface area contributed by atoms with Gasteiger partial charge < -0.3 is 9.72 Å². The van der Waals surface area contributed by atoms with Crippen LogP contribution in [-0.2, 0) is 16.1 Å². The summed E-state index contributed by atoms with van der Waals surface area (Å²) >= 11 is 0. The van der Waals surface area contributed by atoms with E-state index >= 15 is 0 Å². The minimum atomic E-state index is -0.540. The van der Waals surface area contributed by atoms with Gasteiger partial charge >= 0.3 is 5.97 Å². The summed E-state index contributed by atoms with van der Waals surface area (Å²) in [6.45, 7) is 5.33. The monoisotopic (exact) mass is 209 g/mol. The van der Waals surface area contributed by atoms with Gasteiger partial charge in [-0.2, -0.15) is 0 Å². The third-order valence-electron chi connectivity index (χ3n) is 1.87. The van der Waals surface area contributed by atoms with Crippen molar-refractivity contribution in [1.29, 1.82) is 0 Å². The maximum absolute atomic E-state index is 11.4. The molecule has 0 fully saturated rings. The lowest BCUT2D eigenvalue weighted by molar-refractivity contribution is -0.154. The zero-order valence-electron chi connectivity index (χ0n) is 9.16. The number of aromatic nitrogens is 1. The molecule has 4 nitrogen and oxygen atoms in total. The Labute approximate surface area is 88.3 Å². The molecule has 0 saturated heterocycles. The highest BCUT2D eigenvalue weighted by atomic mass is 16.5. The number of rotatable bonds is 2. The van der Waals surface area contributed by atoms with E-state index in [9.17, 15) is 9.59 Å². The maximum Gasteiger partial charge on any atom is 0.311 e. The lowest BCUT2D eigenvalue weighted by Crippen LogP contribution is -2.24. The summed E-state index contributed by atoms with van der Waals surface area (Å²) in [6.07, 6.45) is 1.54. The first-order valence-corrected chi connectivity index (χ1v) is 4.75. The van der Waals surface area contributed by atoms with Crippen molar-refractivity contribution >= 4 is 5.97 Å². The average molecular weight is 209 g/mol. The van der Waals surface area contributed by atoms with Crippen LogP contribution < -0.4 is 5.56 Å². The van der Waals surface area contributed by atoms with Crippen molar-refractivity contribution in [3.8, 4) is 0 Å². The van der Waals surface area contributed by atoms with Crippen LogP contribution in [0.3, 0.4) is 0 Å². The highest BCUT2D eigenvalue weighted by Gasteiger charge is 2.23. The Kier molecular flexibility index (Phi) is 3.29. The molecule has 1 aromatic rings. The van der Waals surface area contributed by atoms with Crippen LogP contribution in [0.5, 0.6) is 0 Å². The topological polar surface area (TPSA) is 59.2 Å². The van der Waals surface area contributed by atoms with E-state index in [1.54, 1.807) is 32.9 Å². The van der Waals surface area contributed by atoms with Crippen LogP contribution in [0, 0.1) is 5.41 Å². The van der Waals surface area contributed by atoms with Crippen LogP contribution in [0.15, 0.2) is 23.1 Å². The molecule has 0 aliphatic carbocycles. The van der Waals surface area contributed by atoms with Gasteiger partial charge in [-0.15, -0.1) is 0 Å². The number of carbonyl (C=O) groups is 1. The van der Waals surface area contributed by atoms with Gasteiger partial charge in [0.2, 0.25) is 0 Å². The summed E-state index contributed by atoms with van der Waals surface area (Å²) in [5.41, 5.74) is -0.309. The fourth-order valence-corrected chi connectivity index (χ4v) is 0.930. The Bertz CT molecular complexity index is 401. The van der Waals surface area contributed by atoms with Crippen LogP contribution in [0.1, 0.15) is 26.3 Å². The summed E-state index contributed by atoms with van der Waals surface area (Å²) in [4.78, 5) is 25.2. The molecule has 0 aliphatic heterocycles. The number of esters is 1. The highest BCUT2D eigenvalue weighted by Crippen LogP contribution is 2.15. The Hall–Kier alpha value is -1.58. The number of aromatic amines is 1. The fraction of sp³-hybridized carbons (Fsp3) is 0.455. The van der Waals surface area contributed by atoms with Crippen LogP contribution in [0.2, 0.25) is 0 Å². The predicted octanol–water partition coefficient (Wildman–Crippen LogP) is 1.46. The standard InChI is InChI=1S/C11H15NO3/c1-11(2,3)10(14)15-7-8-5-4-6-12-9(8)13/h4-6H,7H2,1-3H3,(H,12,13). The number of hydrogen-bond donors (Lipinski definition) is 1. The van der Waals surface area contributed by atoms with E-state index in [4.69, 9.17) is 4.74 Å². The van der Waals surface area contributed by atoms with E-state index in [1.165, 1.54) is 6.20 Å². The van der Waals surface area contributed by atoms with E-state index in [-0.39, 0.29) is 18.1 Å². The molecule has 0 atom stereocenters. The molecule has 1 heterocycles. The second kappa shape index (κ2) is 4.29. The molecule has 0 bridgehead atoms. The molecular formula is C11H15NO3. The van der Waals surface area contributed by atoms with E-state index < -0.39 is 5.41 Å². The summed E-state index contributed by atoms with van der Waals surface area (Å²) in [7, 11) is 0. The zero-order valence-corrected chi connectivity index (χ0v) is 9.16. The van der Waals surface area contributed by atoms with Crippen molar-refractivity contribution in [3.05, 3.63) is 34.2 Å². The number of H-pyrrole nitrogens is 1. The molecule has 82 valence electrons. The van der Waals surface area contributed by atoms with Crippen molar-refractivity contribution in [2.45, 2.75) is 27.4 Å². The fourth-order valence-electron chi connectivity index (χ4n) is 0.930. The van der Waals surface area contributed by atoms with Gasteiger partial charge in [0, 0.05) is 6.20 Å². The minimum absolute atomic E-state index is 0.0201. The van der Waals surface area contributed by atoms with Crippen LogP contribution >= 0.6 is 0 Å². The second-order valence-corrected chi connectivity index (χ2v) is 4.35. The molecule has 0 saturated carbocycles. The Balaban J connectivity index is 2.63. The summed E-state index contributed by atoms with van der Waals surface area (Å²) < 4.78 is 5.01. The molecule has 0 aliphatic rings. The molecule has 0 unspecified atom stereocenters. The molecule has 0 spiro atoms. The van der Waals surface area contributed by atoms with Crippen molar-refractivity contribution in [3.63, 3.8) is 0 Å². The second-order valence-electron chi connectivity index (χ2n) is 4.35. The van der Waals surface area contributed by atoms with Gasteiger partial charge in [-0.3, -0.25) is 9.59 Å². The van der Waals surface area contributed by atoms with Crippen LogP contribution in [-0.4, -0.2) is 11.0 Å². The smallest absolute Gasteiger partial charge is 0.311 e. The molecule has 0 radical (unpaired) electrons. The van der Waals surface area contributed by atoms with Crippen molar-refractivity contribution in [2.75, 3.05) is 0 Å². The van der Waals surface area contributed by atoms with Crippen LogP contribution in [0.4, 0.5) is 0 Å². The molecule has 1 aromatic heterocycles. The van der Waals surface area contributed by atoms with Crippen molar-refractivity contribution in [1.82, 2.24) is 4.98 Å². The number of pyridine rings is 1. The maximum atomic E-state index is 11.4. The molecule has 1 rings (SSSR count). The normalized spacial score (nSPS) is 11.1. The number of nitrogens with one attached hydrogen (secondary N) is 1. The number of carbonyl (C=O) groups excluding carboxylic acids is 1. The van der Waals surface area contributed by atoms with Gasteiger partial charge in [0.15, 0.2) is 0 Å². The van der Waals surface area contributed by atoms with E-state index in [0.717, 1.165) is 0 Å². The molecule has 4 heteroatoms. The largest absolute Gasteiger partial charge is 0.460 e. The molecular weight excluding hydrogens is 194 g/mol. The average Bonchev–Trinajstić information content (AvgIpc) is 2.14. The third-order valence-corrected chi connectivity index (χ3v) is 1.87. The third kappa shape index (κ3) is 3.23. The van der Waals surface area contributed by atoms with E-state index in [2.05, 4.69) is 4.98 Å². The molecule has 1 N–H and O–H groups in total. The van der Waals surface area contributed by atoms with Gasteiger partial charge in [-0.1, -0.05) is 0 Å². The lowest BCUT2D eigenvalue weighted by atomic mass is 9.97. The molecule has 0 amide bonds. The molecule has 15 heavy (non-hydrogen) atoms. The van der Waals surface area contributed by atoms with Gasteiger partial charge in [-0.25, -0.2) is 0 Å². The highest BCUT2D eigenvalue weighted by molar-refractivity contribution is 5.75. The van der Waals surface area contributed by atoms with Gasteiger partial charge in [0.05, 0.1) is 11.0 Å². The Morgan fingerprint density at radius 3 is 2.67 bits per heavy atom. The van der Waals surface area contributed by atoms with Gasteiger partial charge in [0.1, 0.15) is 6.61 Å². The van der Waals surface area contributed by atoms with Gasteiger partial charge in [0.25, 0.3) is 5.56 Å². The lowest BCUT2D eigenvalue weighted by Gasteiger charge is -2.16. The van der Waals surface area contributed by atoms with Crippen LogP contribution in [0.25, 0.3) is 0 Å². The van der Waals surface area contributed by atoms with Gasteiger partial charge in [-0.05, 0) is 32.9 Å². The summed E-state index contributed by atoms with van der Waals surface area (Å²) in [6, 6.07) is 3.33.